The van der Waals surface area contributed by atoms with E-state index in [-0.39, 0.29) is 0 Å². The van der Waals surface area contributed by atoms with Crippen LogP contribution in [-0.2, 0) is 4.74 Å². The first-order valence-corrected chi connectivity index (χ1v) is 13.1. The van der Waals surface area contributed by atoms with Gasteiger partial charge in [-0.3, -0.25) is 0 Å². The van der Waals surface area contributed by atoms with E-state index in [2.05, 4.69) is 132 Å². The van der Waals surface area contributed by atoms with Gasteiger partial charge < -0.3 is 9.64 Å². The number of morpholine rings is 1. The van der Waals surface area contributed by atoms with Gasteiger partial charge in [0.15, 0.2) is 0 Å². The molecule has 4 aromatic carbocycles. The average Bonchev–Trinajstić information content (AvgIpc) is 2.93. The van der Waals surface area contributed by atoms with Gasteiger partial charge in [-0.05, 0) is 24.1 Å². The number of benzene rings is 4. The highest BCUT2D eigenvalue weighted by atomic mass is 31.1. The van der Waals surface area contributed by atoms with E-state index in [4.69, 9.17) is 4.74 Å². The molecule has 0 radical (unpaired) electrons. The largest absolute Gasteiger partial charge is 0.378 e. The van der Waals surface area contributed by atoms with Gasteiger partial charge >= 0.3 is 0 Å². The lowest BCUT2D eigenvalue weighted by molar-refractivity contribution is 0.0640. The van der Waals surface area contributed by atoms with Crippen molar-refractivity contribution in [3.63, 3.8) is 0 Å². The molecule has 0 aromatic heterocycles. The maximum Gasteiger partial charge on any atom is 0.0881 e. The van der Waals surface area contributed by atoms with Crippen LogP contribution in [0.4, 0.5) is 0 Å². The fraction of sp³-hybridized carbons (Fsp3) is 0.129. The first kappa shape index (κ1) is 22.4. The Bertz CT molecular complexity index is 1200. The van der Waals surface area contributed by atoms with Crippen LogP contribution in [0.2, 0.25) is 0 Å². The number of nitrogens with zero attached hydrogens (tertiary/aromatic N) is 1. The summed E-state index contributed by atoms with van der Waals surface area (Å²) in [6.45, 7) is 3.22. The average molecular weight is 462 g/mol. The third kappa shape index (κ3) is 5.22. The summed E-state index contributed by atoms with van der Waals surface area (Å²) in [7, 11) is -0.808. The Kier molecular flexibility index (Phi) is 7.34. The Balaban J connectivity index is 1.81. The molecule has 0 amide bonds. The van der Waals surface area contributed by atoms with E-state index in [0.29, 0.717) is 0 Å². The maximum atomic E-state index is 5.68. The van der Waals surface area contributed by atoms with E-state index in [1.54, 1.807) is 0 Å². The van der Waals surface area contributed by atoms with Crippen molar-refractivity contribution in [2.75, 3.05) is 26.3 Å². The van der Waals surface area contributed by atoms with Crippen LogP contribution in [0.3, 0.4) is 0 Å². The normalized spacial score (nSPS) is 13.4. The van der Waals surface area contributed by atoms with Crippen LogP contribution in [-0.4, -0.2) is 31.2 Å². The summed E-state index contributed by atoms with van der Waals surface area (Å²) in [5.41, 5.74) is 7.53. The summed E-state index contributed by atoms with van der Waals surface area (Å²) in [6, 6.07) is 43.2. The van der Waals surface area contributed by atoms with Crippen LogP contribution < -0.4 is 10.6 Å². The van der Waals surface area contributed by atoms with Gasteiger partial charge in [0.2, 0.25) is 0 Å². The Morgan fingerprint density at radius 3 is 1.53 bits per heavy atom. The molecule has 0 unspecified atom stereocenters. The first-order chi connectivity index (χ1) is 16.9. The second-order valence-electron chi connectivity index (χ2n) is 8.16. The van der Waals surface area contributed by atoms with Gasteiger partial charge in [-0.2, -0.15) is 0 Å². The number of hydrogen-bond donors (Lipinski definition) is 0. The van der Waals surface area contributed by atoms with Crippen molar-refractivity contribution < 1.29 is 4.74 Å². The number of rotatable bonds is 6. The molecule has 5 rings (SSSR count). The van der Waals surface area contributed by atoms with E-state index in [0.717, 1.165) is 32.0 Å². The van der Waals surface area contributed by atoms with Gasteiger partial charge in [0.25, 0.3) is 0 Å². The van der Waals surface area contributed by atoms with Gasteiger partial charge in [0.1, 0.15) is 0 Å². The molecule has 0 N–H and O–H groups in total. The Hall–Kier alpha value is -3.41. The first-order valence-electron chi connectivity index (χ1n) is 11.7. The van der Waals surface area contributed by atoms with Crippen molar-refractivity contribution in [1.29, 1.82) is 0 Å². The third-order valence-electron chi connectivity index (χ3n) is 5.91. The van der Waals surface area contributed by atoms with Crippen molar-refractivity contribution in [3.05, 3.63) is 138 Å². The minimum atomic E-state index is -0.808. The Morgan fingerprint density at radius 2 is 1.03 bits per heavy atom. The monoisotopic (exact) mass is 461 g/mol. The zero-order valence-electron chi connectivity index (χ0n) is 19.2. The van der Waals surface area contributed by atoms with E-state index < -0.39 is 7.92 Å². The Labute approximate surface area is 203 Å². The quantitative estimate of drug-likeness (QED) is 0.253. The second kappa shape index (κ2) is 11.1. The lowest BCUT2D eigenvalue weighted by atomic mass is 10.1. The van der Waals surface area contributed by atoms with Crippen LogP contribution in [0, 0.1) is 0 Å². The van der Waals surface area contributed by atoms with E-state index in [9.17, 15) is 0 Å². The maximum absolute atomic E-state index is 5.68. The van der Waals surface area contributed by atoms with Crippen molar-refractivity contribution in [2.24, 2.45) is 0 Å². The highest BCUT2D eigenvalue weighted by Gasteiger charge is 2.22. The molecule has 4 aromatic rings. The van der Waals surface area contributed by atoms with Crippen LogP contribution >= 0.6 is 7.92 Å². The van der Waals surface area contributed by atoms with E-state index in [1.807, 2.05) is 0 Å². The van der Waals surface area contributed by atoms with Crippen LogP contribution in [0.15, 0.2) is 127 Å². The molecule has 1 fully saturated rings. The van der Waals surface area contributed by atoms with Crippen molar-refractivity contribution >= 4 is 29.5 Å². The highest BCUT2D eigenvalue weighted by molar-refractivity contribution is 7.82. The minimum Gasteiger partial charge on any atom is -0.378 e. The molecule has 168 valence electrons. The topological polar surface area (TPSA) is 12.5 Å². The summed E-state index contributed by atoms with van der Waals surface area (Å²) in [6.07, 6.45) is 0. The predicted molar refractivity (Wildman–Crippen MR) is 145 cm³/mol. The second-order valence-corrected chi connectivity index (χ2v) is 10.3. The molecule has 1 heterocycles. The molecular weight excluding hydrogens is 433 g/mol. The lowest BCUT2D eigenvalue weighted by Crippen LogP contribution is -2.34. The molecule has 0 saturated carbocycles. The molecule has 2 nitrogen and oxygen atoms in total. The van der Waals surface area contributed by atoms with E-state index in [1.165, 1.54) is 27.1 Å². The highest BCUT2D eigenvalue weighted by Crippen LogP contribution is 2.48. The molecule has 34 heavy (non-hydrogen) atoms. The fourth-order valence-electron chi connectivity index (χ4n) is 4.24. The molecule has 0 bridgehead atoms. The molecule has 1 aliphatic rings. The van der Waals surface area contributed by atoms with Crippen molar-refractivity contribution in [1.82, 2.24) is 4.90 Å². The number of hydrogen-bond acceptors (Lipinski definition) is 2. The lowest BCUT2D eigenvalue weighted by Gasteiger charge is -2.30. The zero-order chi connectivity index (χ0) is 23.0. The summed E-state index contributed by atoms with van der Waals surface area (Å²) < 4.78 is 5.68. The Morgan fingerprint density at radius 1 is 0.588 bits per heavy atom. The molecule has 3 heteroatoms. The van der Waals surface area contributed by atoms with Crippen LogP contribution in [0.5, 0.6) is 0 Å². The van der Waals surface area contributed by atoms with E-state index >= 15 is 0 Å². The standard InChI is InChI=1S/C31H28NOP/c1-5-13-26(14-6-1)30(32-21-23-33-24-22-32)25-31(27-15-7-2-8-16-27)34(28-17-9-3-10-18-28)29-19-11-4-12-20-29/h1-20H,21-24H2. The van der Waals surface area contributed by atoms with Crippen LogP contribution in [0.25, 0.3) is 11.0 Å². The SMILES string of the molecule is C(=C(c1ccccc1)N1CCOCC1)=C(c1ccccc1)P(c1ccccc1)c1ccccc1. The summed E-state index contributed by atoms with van der Waals surface area (Å²) in [5.74, 6) is 0. The fourth-order valence-corrected chi connectivity index (χ4v) is 6.62. The molecule has 0 spiro atoms. The van der Waals surface area contributed by atoms with Crippen molar-refractivity contribution in [3.8, 4) is 0 Å². The molecular formula is C31H28NOP. The van der Waals surface area contributed by atoms with Gasteiger partial charge in [-0.1, -0.05) is 127 Å². The summed E-state index contributed by atoms with van der Waals surface area (Å²) in [4.78, 5) is 2.42. The smallest absolute Gasteiger partial charge is 0.0881 e. The van der Waals surface area contributed by atoms with Crippen molar-refractivity contribution in [2.45, 2.75) is 0 Å². The number of ether oxygens (including phenoxy) is 1. The third-order valence-corrected chi connectivity index (χ3v) is 8.36. The molecule has 0 atom stereocenters. The summed E-state index contributed by atoms with van der Waals surface area (Å²) in [5, 5.41) is 3.88. The minimum absolute atomic E-state index is 0.741. The van der Waals surface area contributed by atoms with Gasteiger partial charge in [-0.25, -0.2) is 0 Å². The van der Waals surface area contributed by atoms with Gasteiger partial charge in [0.05, 0.1) is 18.9 Å². The molecule has 1 aliphatic heterocycles. The molecule has 0 aliphatic carbocycles. The summed E-state index contributed by atoms with van der Waals surface area (Å²) >= 11 is 0. The predicted octanol–water partition coefficient (Wildman–Crippen LogP) is 6.13. The van der Waals surface area contributed by atoms with Crippen LogP contribution in [0.1, 0.15) is 11.1 Å². The van der Waals surface area contributed by atoms with Gasteiger partial charge in [-0.15, -0.1) is 0 Å². The molecule has 1 saturated heterocycles. The zero-order valence-corrected chi connectivity index (χ0v) is 20.1. The van der Waals surface area contributed by atoms with Gasteiger partial charge in [0, 0.05) is 24.0 Å².